The van der Waals surface area contributed by atoms with Gasteiger partial charge in [-0.05, 0) is 56.6 Å². The predicted molar refractivity (Wildman–Crippen MR) is 124 cm³/mol. The number of nitrogens with zero attached hydrogens (tertiary/aromatic N) is 5. The van der Waals surface area contributed by atoms with Crippen molar-refractivity contribution in [3.05, 3.63) is 51.7 Å². The molecule has 0 saturated carbocycles. The fourth-order valence-electron chi connectivity index (χ4n) is 4.05. The standard InChI is InChI=1S/C22H22N6OS2/c1-12-17(13(2)28-20(23-12)26-22(27-28)30-3)10-19(29)25-21-24-18(11-31-21)16-8-7-14-5-4-6-15(14)9-16/h7-9,11H,4-6,10H2,1-3H3,(H,24,25,29). The second-order valence-corrected chi connectivity index (χ2v) is 9.30. The van der Waals surface area contributed by atoms with Crippen molar-refractivity contribution in [2.75, 3.05) is 11.6 Å². The van der Waals surface area contributed by atoms with E-state index in [1.165, 1.54) is 47.1 Å². The van der Waals surface area contributed by atoms with E-state index in [2.05, 4.69) is 43.6 Å². The highest BCUT2D eigenvalue weighted by Gasteiger charge is 2.17. The van der Waals surface area contributed by atoms with Crippen LogP contribution in [0.4, 0.5) is 5.13 Å². The van der Waals surface area contributed by atoms with E-state index in [1.54, 1.807) is 4.52 Å². The minimum atomic E-state index is -0.118. The van der Waals surface area contributed by atoms with E-state index >= 15 is 0 Å². The third-order valence-electron chi connectivity index (χ3n) is 5.69. The summed E-state index contributed by atoms with van der Waals surface area (Å²) in [5, 5.41) is 10.7. The summed E-state index contributed by atoms with van der Waals surface area (Å²) in [7, 11) is 0. The summed E-state index contributed by atoms with van der Waals surface area (Å²) < 4.78 is 1.71. The molecule has 1 aliphatic carbocycles. The zero-order valence-corrected chi connectivity index (χ0v) is 19.2. The van der Waals surface area contributed by atoms with Gasteiger partial charge in [-0.1, -0.05) is 23.9 Å². The lowest BCUT2D eigenvalue weighted by atomic mass is 10.1. The third kappa shape index (κ3) is 3.83. The Morgan fingerprint density at radius 2 is 2.03 bits per heavy atom. The van der Waals surface area contributed by atoms with Crippen LogP contribution in [0.2, 0.25) is 0 Å². The first-order valence-corrected chi connectivity index (χ1v) is 12.3. The van der Waals surface area contributed by atoms with Gasteiger partial charge in [-0.2, -0.15) is 4.98 Å². The smallest absolute Gasteiger partial charge is 0.253 e. The minimum Gasteiger partial charge on any atom is -0.302 e. The molecule has 7 nitrogen and oxygen atoms in total. The highest BCUT2D eigenvalue weighted by Crippen LogP contribution is 2.30. The van der Waals surface area contributed by atoms with Gasteiger partial charge in [0.25, 0.3) is 5.78 Å². The minimum absolute atomic E-state index is 0.118. The number of carbonyl (C=O) groups is 1. The number of hydrogen-bond donors (Lipinski definition) is 1. The van der Waals surface area contributed by atoms with Crippen molar-refractivity contribution in [1.82, 2.24) is 24.6 Å². The molecular weight excluding hydrogens is 428 g/mol. The summed E-state index contributed by atoms with van der Waals surface area (Å²) in [5.74, 6) is 0.440. The Hall–Kier alpha value is -2.78. The summed E-state index contributed by atoms with van der Waals surface area (Å²) >= 11 is 2.91. The summed E-state index contributed by atoms with van der Waals surface area (Å²) in [6, 6.07) is 6.56. The number of thioether (sulfide) groups is 1. The van der Waals surface area contributed by atoms with E-state index in [0.717, 1.165) is 34.6 Å². The lowest BCUT2D eigenvalue weighted by molar-refractivity contribution is -0.115. The summed E-state index contributed by atoms with van der Waals surface area (Å²) in [6.07, 6.45) is 5.67. The lowest BCUT2D eigenvalue weighted by Crippen LogP contribution is -2.17. The van der Waals surface area contributed by atoms with Gasteiger partial charge in [-0.3, -0.25) is 4.79 Å². The van der Waals surface area contributed by atoms with Crippen molar-refractivity contribution >= 4 is 39.9 Å². The number of benzene rings is 1. The first-order chi connectivity index (χ1) is 15.0. The first kappa shape index (κ1) is 20.1. The van der Waals surface area contributed by atoms with Crippen LogP contribution in [0.3, 0.4) is 0 Å². The number of anilines is 1. The van der Waals surface area contributed by atoms with Crippen LogP contribution in [0, 0.1) is 13.8 Å². The number of aromatic nitrogens is 5. The van der Waals surface area contributed by atoms with Crippen LogP contribution in [0.1, 0.15) is 34.5 Å². The molecule has 4 aromatic rings. The highest BCUT2D eigenvalue weighted by atomic mass is 32.2. The van der Waals surface area contributed by atoms with E-state index < -0.39 is 0 Å². The Morgan fingerprint density at radius 1 is 1.19 bits per heavy atom. The molecule has 0 unspecified atom stereocenters. The Labute approximate surface area is 188 Å². The Bertz CT molecular complexity index is 1310. The molecule has 1 aromatic carbocycles. The molecule has 0 atom stereocenters. The molecule has 3 aromatic heterocycles. The van der Waals surface area contributed by atoms with Gasteiger partial charge in [-0.15, -0.1) is 16.4 Å². The molecule has 0 radical (unpaired) electrons. The summed E-state index contributed by atoms with van der Waals surface area (Å²) in [6.45, 7) is 3.84. The van der Waals surface area contributed by atoms with Crippen LogP contribution in [0.25, 0.3) is 17.0 Å². The quantitative estimate of drug-likeness (QED) is 0.458. The van der Waals surface area contributed by atoms with Crippen molar-refractivity contribution in [3.63, 3.8) is 0 Å². The van der Waals surface area contributed by atoms with E-state index in [4.69, 9.17) is 0 Å². The Kier molecular flexibility index (Phi) is 5.23. The van der Waals surface area contributed by atoms with Gasteiger partial charge in [0, 0.05) is 27.9 Å². The van der Waals surface area contributed by atoms with E-state index in [-0.39, 0.29) is 12.3 Å². The molecule has 158 valence electrons. The number of hydrogen-bond acceptors (Lipinski definition) is 7. The molecule has 1 N–H and O–H groups in total. The van der Waals surface area contributed by atoms with Crippen molar-refractivity contribution in [2.24, 2.45) is 0 Å². The van der Waals surface area contributed by atoms with E-state index in [0.29, 0.717) is 16.1 Å². The average molecular weight is 451 g/mol. The fraction of sp³-hybridized carbons (Fsp3) is 0.318. The molecule has 0 aliphatic heterocycles. The normalized spacial score (nSPS) is 13.0. The van der Waals surface area contributed by atoms with Gasteiger partial charge in [0.1, 0.15) is 0 Å². The number of rotatable bonds is 5. The number of carbonyl (C=O) groups excluding carboxylic acids is 1. The number of nitrogens with one attached hydrogen (secondary N) is 1. The van der Waals surface area contributed by atoms with Crippen molar-refractivity contribution in [2.45, 2.75) is 44.7 Å². The maximum absolute atomic E-state index is 12.8. The molecule has 9 heteroatoms. The molecule has 31 heavy (non-hydrogen) atoms. The number of amides is 1. The molecular formula is C22H22N6OS2. The van der Waals surface area contributed by atoms with Gasteiger partial charge in [0.2, 0.25) is 11.1 Å². The molecule has 1 aliphatic rings. The monoisotopic (exact) mass is 450 g/mol. The number of aryl methyl sites for hydroxylation is 4. The fourth-order valence-corrected chi connectivity index (χ4v) is 5.12. The van der Waals surface area contributed by atoms with Crippen LogP contribution >= 0.6 is 23.1 Å². The Balaban J connectivity index is 1.33. The van der Waals surface area contributed by atoms with E-state index in [9.17, 15) is 4.79 Å². The molecule has 3 heterocycles. The van der Waals surface area contributed by atoms with Crippen LogP contribution in [0.5, 0.6) is 0 Å². The second kappa shape index (κ2) is 8.05. The van der Waals surface area contributed by atoms with Crippen LogP contribution in [-0.4, -0.2) is 36.7 Å². The van der Waals surface area contributed by atoms with Crippen LogP contribution in [-0.2, 0) is 24.1 Å². The maximum atomic E-state index is 12.8. The Morgan fingerprint density at radius 3 is 2.87 bits per heavy atom. The van der Waals surface area contributed by atoms with E-state index in [1.807, 2.05) is 25.5 Å². The van der Waals surface area contributed by atoms with Crippen LogP contribution in [0.15, 0.2) is 28.7 Å². The van der Waals surface area contributed by atoms with Gasteiger partial charge in [-0.25, -0.2) is 14.5 Å². The largest absolute Gasteiger partial charge is 0.302 e. The number of thiazole rings is 1. The first-order valence-electron chi connectivity index (χ1n) is 10.2. The SMILES string of the molecule is CSc1nc2nc(C)c(CC(=O)Nc3nc(-c4ccc5c(c4)CCC5)cs3)c(C)n2n1. The second-order valence-electron chi connectivity index (χ2n) is 7.67. The average Bonchev–Trinajstić information content (AvgIpc) is 3.49. The van der Waals surface area contributed by atoms with Gasteiger partial charge in [0.05, 0.1) is 12.1 Å². The maximum Gasteiger partial charge on any atom is 0.253 e. The molecule has 0 fully saturated rings. The van der Waals surface area contributed by atoms with Crippen molar-refractivity contribution in [3.8, 4) is 11.3 Å². The molecule has 0 saturated heterocycles. The molecule has 0 spiro atoms. The molecule has 1 amide bonds. The summed E-state index contributed by atoms with van der Waals surface area (Å²) in [4.78, 5) is 26.3. The van der Waals surface area contributed by atoms with Crippen molar-refractivity contribution in [1.29, 1.82) is 0 Å². The predicted octanol–water partition coefficient (Wildman–Crippen LogP) is 4.26. The van der Waals surface area contributed by atoms with Gasteiger partial charge >= 0.3 is 0 Å². The van der Waals surface area contributed by atoms with Gasteiger partial charge in [0.15, 0.2) is 5.13 Å². The highest BCUT2D eigenvalue weighted by molar-refractivity contribution is 7.98. The number of fused-ring (bicyclic) bond motifs is 2. The zero-order chi connectivity index (χ0) is 21.5. The lowest BCUT2D eigenvalue weighted by Gasteiger charge is -2.09. The van der Waals surface area contributed by atoms with Crippen molar-refractivity contribution < 1.29 is 4.79 Å². The third-order valence-corrected chi connectivity index (χ3v) is 6.99. The summed E-state index contributed by atoms with van der Waals surface area (Å²) in [5.41, 5.74) is 7.40. The van der Waals surface area contributed by atoms with Crippen LogP contribution < -0.4 is 5.32 Å². The van der Waals surface area contributed by atoms with Gasteiger partial charge < -0.3 is 5.32 Å². The molecule has 5 rings (SSSR count). The molecule has 0 bridgehead atoms. The topological polar surface area (TPSA) is 85.1 Å². The zero-order valence-electron chi connectivity index (χ0n) is 17.6.